The van der Waals surface area contributed by atoms with E-state index >= 15 is 0 Å². The Balaban J connectivity index is 1.78. The molecule has 1 aliphatic heterocycles. The highest BCUT2D eigenvalue weighted by Gasteiger charge is 2.16. The van der Waals surface area contributed by atoms with Gasteiger partial charge in [0, 0.05) is 18.8 Å². The van der Waals surface area contributed by atoms with Gasteiger partial charge in [0.1, 0.15) is 0 Å². The number of carbonyl (C=O) groups is 2. The van der Waals surface area contributed by atoms with Gasteiger partial charge in [-0.1, -0.05) is 12.1 Å². The summed E-state index contributed by atoms with van der Waals surface area (Å²) in [4.78, 5) is 22.6. The molecule has 1 heterocycles. The fourth-order valence-electron chi connectivity index (χ4n) is 2.34. The molecule has 1 saturated heterocycles. The number of rotatable bonds is 5. The van der Waals surface area contributed by atoms with Crippen LogP contribution in [0.3, 0.4) is 0 Å². The molecular weight excluding hydrogens is 284 g/mol. The maximum atomic E-state index is 11.8. The second-order valence-corrected chi connectivity index (χ2v) is 5.32. The molecule has 0 saturated carbocycles. The molecule has 1 fully saturated rings. The Hall–Kier alpha value is -2.28. The monoisotopic (exact) mass is 306 g/mol. The number of urea groups is 2. The van der Waals surface area contributed by atoms with Crippen LogP contribution in [0.1, 0.15) is 31.4 Å². The smallest absolute Gasteiger partial charge is 0.316 e. The third-order valence-electron chi connectivity index (χ3n) is 3.54. The molecule has 5 N–H and O–H groups in total. The first-order valence-corrected chi connectivity index (χ1v) is 7.37. The van der Waals surface area contributed by atoms with E-state index in [0.717, 1.165) is 25.0 Å². The van der Waals surface area contributed by atoms with Gasteiger partial charge in [-0.15, -0.1) is 0 Å². The topological polar surface area (TPSA) is 105 Å². The van der Waals surface area contributed by atoms with Gasteiger partial charge in [-0.3, -0.25) is 0 Å². The van der Waals surface area contributed by atoms with Gasteiger partial charge in [-0.2, -0.15) is 0 Å². The van der Waals surface area contributed by atoms with Crippen LogP contribution in [0, 0.1) is 0 Å². The lowest BCUT2D eigenvalue weighted by Crippen LogP contribution is -2.40. The van der Waals surface area contributed by atoms with Crippen molar-refractivity contribution in [2.24, 2.45) is 5.73 Å². The van der Waals surface area contributed by atoms with Crippen molar-refractivity contribution in [2.45, 2.75) is 31.9 Å². The largest absolute Gasteiger partial charge is 0.376 e. The average Bonchev–Trinajstić information content (AvgIpc) is 2.98. The molecule has 7 heteroatoms. The number of ether oxygens (including phenoxy) is 1. The summed E-state index contributed by atoms with van der Waals surface area (Å²) in [5.74, 6) is 0. The molecule has 120 valence electrons. The van der Waals surface area contributed by atoms with E-state index in [1.165, 1.54) is 0 Å². The third kappa shape index (κ3) is 4.92. The van der Waals surface area contributed by atoms with E-state index in [9.17, 15) is 9.59 Å². The van der Waals surface area contributed by atoms with E-state index in [0.29, 0.717) is 12.2 Å². The first-order valence-electron chi connectivity index (χ1n) is 7.37. The van der Waals surface area contributed by atoms with Crippen LogP contribution in [0.5, 0.6) is 0 Å². The lowest BCUT2D eigenvalue weighted by Gasteiger charge is -2.17. The van der Waals surface area contributed by atoms with Gasteiger partial charge in [0.25, 0.3) is 0 Å². The Morgan fingerprint density at radius 3 is 2.68 bits per heavy atom. The number of hydrogen-bond donors (Lipinski definition) is 4. The van der Waals surface area contributed by atoms with Gasteiger partial charge in [-0.25, -0.2) is 9.59 Å². The molecule has 2 atom stereocenters. The second-order valence-electron chi connectivity index (χ2n) is 5.32. The number of anilines is 1. The van der Waals surface area contributed by atoms with E-state index in [1.807, 2.05) is 19.1 Å². The molecule has 22 heavy (non-hydrogen) atoms. The van der Waals surface area contributed by atoms with Crippen LogP contribution in [0.2, 0.25) is 0 Å². The number of nitrogens with two attached hydrogens (primary N) is 1. The normalized spacial score (nSPS) is 18.5. The van der Waals surface area contributed by atoms with Crippen LogP contribution in [0.25, 0.3) is 0 Å². The van der Waals surface area contributed by atoms with E-state index in [-0.39, 0.29) is 18.2 Å². The van der Waals surface area contributed by atoms with Crippen LogP contribution in [-0.2, 0) is 4.74 Å². The third-order valence-corrected chi connectivity index (χ3v) is 3.54. The van der Waals surface area contributed by atoms with Crippen molar-refractivity contribution in [3.8, 4) is 0 Å². The average molecular weight is 306 g/mol. The Bertz CT molecular complexity index is 512. The molecule has 1 aliphatic rings. The van der Waals surface area contributed by atoms with Gasteiger partial charge in [0.15, 0.2) is 0 Å². The zero-order chi connectivity index (χ0) is 15.9. The standard InChI is InChI=1S/C15H22N4O3/c1-10(11-4-6-12(7-5-11)19-14(16)20)18-15(21)17-9-13-3-2-8-22-13/h4-7,10,13H,2-3,8-9H2,1H3,(H3,16,19,20)(H2,17,18,21)/t10-,13+/m0/s1. The van der Waals surface area contributed by atoms with Gasteiger partial charge in [0.05, 0.1) is 12.1 Å². The first kappa shape index (κ1) is 16.1. The zero-order valence-corrected chi connectivity index (χ0v) is 12.6. The Kier molecular flexibility index (Phi) is 5.60. The van der Waals surface area contributed by atoms with Gasteiger partial charge >= 0.3 is 12.1 Å². The van der Waals surface area contributed by atoms with Crippen LogP contribution in [0.15, 0.2) is 24.3 Å². The number of benzene rings is 1. The summed E-state index contributed by atoms with van der Waals surface area (Å²) in [7, 11) is 0. The van der Waals surface area contributed by atoms with Crippen LogP contribution >= 0.6 is 0 Å². The molecule has 4 amide bonds. The summed E-state index contributed by atoms with van der Waals surface area (Å²) in [6.45, 7) is 3.19. The minimum absolute atomic E-state index is 0.125. The summed E-state index contributed by atoms with van der Waals surface area (Å²) in [6.07, 6.45) is 2.17. The minimum atomic E-state index is -0.604. The summed E-state index contributed by atoms with van der Waals surface area (Å²) in [6, 6.07) is 6.17. The number of nitrogens with one attached hydrogen (secondary N) is 3. The van der Waals surface area contributed by atoms with E-state index in [4.69, 9.17) is 10.5 Å². The highest BCUT2D eigenvalue weighted by atomic mass is 16.5. The van der Waals surface area contributed by atoms with Crippen LogP contribution in [-0.4, -0.2) is 31.3 Å². The molecule has 0 spiro atoms. The molecule has 0 bridgehead atoms. The summed E-state index contributed by atoms with van der Waals surface area (Å²) in [5, 5.41) is 8.17. The molecule has 2 rings (SSSR count). The fourth-order valence-corrected chi connectivity index (χ4v) is 2.34. The van der Waals surface area contributed by atoms with Crippen molar-refractivity contribution in [1.82, 2.24) is 10.6 Å². The first-order chi connectivity index (χ1) is 10.5. The van der Waals surface area contributed by atoms with E-state index in [2.05, 4.69) is 16.0 Å². The van der Waals surface area contributed by atoms with Crippen molar-refractivity contribution >= 4 is 17.7 Å². The lowest BCUT2D eigenvalue weighted by molar-refractivity contribution is 0.111. The molecular formula is C15H22N4O3. The van der Waals surface area contributed by atoms with E-state index < -0.39 is 6.03 Å². The van der Waals surface area contributed by atoms with Crippen molar-refractivity contribution in [2.75, 3.05) is 18.5 Å². The van der Waals surface area contributed by atoms with Crippen molar-refractivity contribution < 1.29 is 14.3 Å². The highest BCUT2D eigenvalue weighted by molar-refractivity contribution is 5.87. The number of primary amides is 1. The summed E-state index contributed by atoms with van der Waals surface area (Å²) < 4.78 is 5.45. The Morgan fingerprint density at radius 2 is 2.09 bits per heavy atom. The molecule has 0 aromatic heterocycles. The van der Waals surface area contributed by atoms with Crippen LogP contribution in [0.4, 0.5) is 15.3 Å². The number of carbonyl (C=O) groups excluding carboxylic acids is 2. The fraction of sp³-hybridized carbons (Fsp3) is 0.467. The summed E-state index contributed by atoms with van der Waals surface area (Å²) in [5.41, 5.74) is 6.60. The zero-order valence-electron chi connectivity index (χ0n) is 12.6. The second kappa shape index (κ2) is 7.65. The lowest BCUT2D eigenvalue weighted by atomic mass is 10.1. The molecule has 1 aromatic rings. The van der Waals surface area contributed by atoms with Crippen molar-refractivity contribution in [3.63, 3.8) is 0 Å². The van der Waals surface area contributed by atoms with Crippen molar-refractivity contribution in [1.29, 1.82) is 0 Å². The maximum absolute atomic E-state index is 11.8. The van der Waals surface area contributed by atoms with Crippen LogP contribution < -0.4 is 21.7 Å². The van der Waals surface area contributed by atoms with E-state index in [1.54, 1.807) is 12.1 Å². The SMILES string of the molecule is C[C@H](NC(=O)NC[C@H]1CCCO1)c1ccc(NC(N)=O)cc1. The van der Waals surface area contributed by atoms with Gasteiger partial charge in [-0.05, 0) is 37.5 Å². The molecule has 0 unspecified atom stereocenters. The Morgan fingerprint density at radius 1 is 1.36 bits per heavy atom. The molecule has 0 radical (unpaired) electrons. The molecule has 0 aliphatic carbocycles. The maximum Gasteiger partial charge on any atom is 0.316 e. The summed E-state index contributed by atoms with van der Waals surface area (Å²) >= 11 is 0. The molecule has 7 nitrogen and oxygen atoms in total. The van der Waals surface area contributed by atoms with Crippen molar-refractivity contribution in [3.05, 3.63) is 29.8 Å². The number of amides is 4. The quantitative estimate of drug-likeness (QED) is 0.665. The molecule has 1 aromatic carbocycles. The predicted octanol–water partition coefficient (Wildman–Crippen LogP) is 1.72. The van der Waals surface area contributed by atoms with Gasteiger partial charge in [0.2, 0.25) is 0 Å². The highest BCUT2D eigenvalue weighted by Crippen LogP contribution is 2.16. The van der Waals surface area contributed by atoms with Gasteiger partial charge < -0.3 is 26.4 Å². The predicted molar refractivity (Wildman–Crippen MR) is 83.6 cm³/mol. The number of hydrogen-bond acceptors (Lipinski definition) is 3. The minimum Gasteiger partial charge on any atom is -0.376 e. The Labute approximate surface area is 129 Å².